The van der Waals surface area contributed by atoms with Crippen molar-refractivity contribution in [1.82, 2.24) is 0 Å². The van der Waals surface area contributed by atoms with Gasteiger partial charge in [0.1, 0.15) is 0 Å². The van der Waals surface area contributed by atoms with Gasteiger partial charge in [0.05, 0.1) is 11.0 Å². The van der Waals surface area contributed by atoms with Crippen molar-refractivity contribution in [3.05, 3.63) is 34.4 Å². The Morgan fingerprint density at radius 2 is 2.33 bits per heavy atom. The van der Waals surface area contributed by atoms with Gasteiger partial charge in [0.25, 0.3) is 5.69 Å². The summed E-state index contributed by atoms with van der Waals surface area (Å²) in [4.78, 5) is 21.8. The summed E-state index contributed by atoms with van der Waals surface area (Å²) in [5.41, 5.74) is 6.01. The zero-order valence-electron chi connectivity index (χ0n) is 9.96. The number of nitro benzene ring substituents is 1. The van der Waals surface area contributed by atoms with Crippen LogP contribution in [0.1, 0.15) is 6.42 Å². The van der Waals surface area contributed by atoms with E-state index in [9.17, 15) is 14.9 Å². The minimum atomic E-state index is -0.600. The van der Waals surface area contributed by atoms with Gasteiger partial charge in [0.15, 0.2) is 0 Å². The van der Waals surface area contributed by atoms with Crippen LogP contribution < -0.4 is 11.1 Å². The normalized spacial score (nSPS) is 11.9. The Balaban J connectivity index is 2.64. The molecule has 0 aliphatic carbocycles. The van der Waals surface area contributed by atoms with Crippen LogP contribution in [0.15, 0.2) is 24.3 Å². The van der Waals surface area contributed by atoms with E-state index in [0.29, 0.717) is 12.1 Å². The molecule has 6 nitrogen and oxygen atoms in total. The number of benzene rings is 1. The average molecular weight is 269 g/mol. The Morgan fingerprint density at radius 3 is 2.94 bits per heavy atom. The van der Waals surface area contributed by atoms with Crippen molar-refractivity contribution in [1.29, 1.82) is 0 Å². The fourth-order valence-corrected chi connectivity index (χ4v) is 1.80. The third-order valence-electron chi connectivity index (χ3n) is 2.29. The SMILES string of the molecule is CSCC[C@@H](N)C(=O)Nc1cccc([N+](=O)[O-])c1. The molecule has 0 saturated heterocycles. The van der Waals surface area contributed by atoms with Crippen LogP contribution >= 0.6 is 11.8 Å². The molecule has 0 saturated carbocycles. The Bertz CT molecular complexity index is 439. The van der Waals surface area contributed by atoms with E-state index in [0.717, 1.165) is 5.75 Å². The maximum absolute atomic E-state index is 11.7. The van der Waals surface area contributed by atoms with Crippen molar-refractivity contribution in [2.24, 2.45) is 5.73 Å². The predicted molar refractivity (Wildman–Crippen MR) is 72.7 cm³/mol. The quantitative estimate of drug-likeness (QED) is 0.604. The number of carbonyl (C=O) groups is 1. The number of hydrogen-bond acceptors (Lipinski definition) is 5. The summed E-state index contributed by atoms with van der Waals surface area (Å²) in [6.07, 6.45) is 2.51. The van der Waals surface area contributed by atoms with Crippen molar-refractivity contribution in [2.45, 2.75) is 12.5 Å². The molecule has 1 amide bonds. The number of nitrogens with one attached hydrogen (secondary N) is 1. The fourth-order valence-electron chi connectivity index (χ4n) is 1.31. The Kier molecular flexibility index (Phi) is 5.60. The molecule has 0 bridgehead atoms. The zero-order chi connectivity index (χ0) is 13.5. The second-order valence-electron chi connectivity index (χ2n) is 3.68. The standard InChI is InChI=1S/C11H15N3O3S/c1-18-6-5-10(12)11(15)13-8-3-2-4-9(7-8)14(16)17/h2-4,7,10H,5-6,12H2,1H3,(H,13,15)/t10-/m1/s1. The molecule has 7 heteroatoms. The second kappa shape index (κ2) is 6.97. The summed E-state index contributed by atoms with van der Waals surface area (Å²) in [5.74, 6) is 0.466. The minimum Gasteiger partial charge on any atom is -0.324 e. The van der Waals surface area contributed by atoms with E-state index in [1.165, 1.54) is 18.2 Å². The van der Waals surface area contributed by atoms with Gasteiger partial charge in [0, 0.05) is 17.8 Å². The molecular weight excluding hydrogens is 254 g/mol. The third kappa shape index (κ3) is 4.34. The van der Waals surface area contributed by atoms with Crippen molar-refractivity contribution in [3.63, 3.8) is 0 Å². The number of thioether (sulfide) groups is 1. The maximum Gasteiger partial charge on any atom is 0.271 e. The van der Waals surface area contributed by atoms with Crippen LogP contribution in [0.2, 0.25) is 0 Å². The number of nitrogens with zero attached hydrogens (tertiary/aromatic N) is 1. The fraction of sp³-hybridized carbons (Fsp3) is 0.364. The van der Waals surface area contributed by atoms with Crippen molar-refractivity contribution in [3.8, 4) is 0 Å². The Labute approximate surface area is 109 Å². The number of non-ortho nitro benzene ring substituents is 1. The zero-order valence-corrected chi connectivity index (χ0v) is 10.8. The highest BCUT2D eigenvalue weighted by Gasteiger charge is 2.14. The molecule has 0 unspecified atom stereocenters. The van der Waals surface area contributed by atoms with E-state index in [1.54, 1.807) is 17.8 Å². The van der Waals surface area contributed by atoms with Crippen molar-refractivity contribution < 1.29 is 9.72 Å². The lowest BCUT2D eigenvalue weighted by Crippen LogP contribution is -2.36. The number of carbonyl (C=O) groups excluding carboxylic acids is 1. The van der Waals surface area contributed by atoms with Crippen molar-refractivity contribution >= 4 is 29.0 Å². The summed E-state index contributed by atoms with van der Waals surface area (Å²) in [5, 5.41) is 13.1. The molecule has 3 N–H and O–H groups in total. The molecule has 1 rings (SSSR count). The number of nitro groups is 1. The highest BCUT2D eigenvalue weighted by atomic mass is 32.2. The van der Waals surface area contributed by atoms with Crippen LogP contribution in [0, 0.1) is 10.1 Å². The molecule has 18 heavy (non-hydrogen) atoms. The smallest absolute Gasteiger partial charge is 0.271 e. The van der Waals surface area contributed by atoms with Crippen LogP contribution in [0.4, 0.5) is 11.4 Å². The van der Waals surface area contributed by atoms with Crippen molar-refractivity contribution in [2.75, 3.05) is 17.3 Å². The first-order chi connectivity index (χ1) is 8.54. The van der Waals surface area contributed by atoms with Crippen LogP contribution in [-0.2, 0) is 4.79 Å². The van der Waals surface area contributed by atoms with Gasteiger partial charge in [-0.05, 0) is 24.5 Å². The molecule has 0 aliphatic rings. The summed E-state index contributed by atoms with van der Waals surface area (Å²) in [6, 6.07) is 5.17. The van der Waals surface area contributed by atoms with Gasteiger partial charge in [-0.3, -0.25) is 14.9 Å². The number of amides is 1. The number of hydrogen-bond donors (Lipinski definition) is 2. The van der Waals surface area contributed by atoms with Crippen LogP contribution in [0.25, 0.3) is 0 Å². The second-order valence-corrected chi connectivity index (χ2v) is 4.67. The molecule has 1 aromatic rings. The van der Waals surface area contributed by atoms with E-state index < -0.39 is 11.0 Å². The lowest BCUT2D eigenvalue weighted by molar-refractivity contribution is -0.384. The number of rotatable bonds is 6. The molecule has 0 spiro atoms. The Morgan fingerprint density at radius 1 is 1.61 bits per heavy atom. The number of nitrogens with two attached hydrogens (primary N) is 1. The molecule has 0 aliphatic heterocycles. The molecule has 1 atom stereocenters. The molecule has 0 radical (unpaired) electrons. The summed E-state index contributed by atoms with van der Waals surface area (Å²) < 4.78 is 0. The minimum absolute atomic E-state index is 0.0644. The molecule has 0 aromatic heterocycles. The van der Waals surface area contributed by atoms with E-state index >= 15 is 0 Å². The largest absolute Gasteiger partial charge is 0.324 e. The van der Waals surface area contributed by atoms with E-state index in [2.05, 4.69) is 5.32 Å². The third-order valence-corrected chi connectivity index (χ3v) is 2.94. The highest BCUT2D eigenvalue weighted by Crippen LogP contribution is 2.17. The molecule has 98 valence electrons. The lowest BCUT2D eigenvalue weighted by atomic mass is 10.2. The van der Waals surface area contributed by atoms with Gasteiger partial charge in [-0.2, -0.15) is 11.8 Å². The van der Waals surface area contributed by atoms with Gasteiger partial charge >= 0.3 is 0 Å². The first kappa shape index (κ1) is 14.5. The van der Waals surface area contributed by atoms with Gasteiger partial charge < -0.3 is 11.1 Å². The molecule has 1 aromatic carbocycles. The monoisotopic (exact) mass is 269 g/mol. The summed E-state index contributed by atoms with van der Waals surface area (Å²) in [7, 11) is 0. The van der Waals surface area contributed by atoms with Crippen LogP contribution in [-0.4, -0.2) is 28.9 Å². The molecule has 0 heterocycles. The van der Waals surface area contributed by atoms with Crippen LogP contribution in [0.5, 0.6) is 0 Å². The van der Waals surface area contributed by atoms with Gasteiger partial charge in [-0.25, -0.2) is 0 Å². The predicted octanol–water partition coefficient (Wildman–Crippen LogP) is 1.61. The van der Waals surface area contributed by atoms with Crippen LogP contribution in [0.3, 0.4) is 0 Å². The van der Waals surface area contributed by atoms with Gasteiger partial charge in [0.2, 0.25) is 5.91 Å². The highest BCUT2D eigenvalue weighted by molar-refractivity contribution is 7.98. The first-order valence-corrected chi connectivity index (χ1v) is 6.74. The lowest BCUT2D eigenvalue weighted by Gasteiger charge is -2.11. The van der Waals surface area contributed by atoms with Gasteiger partial charge in [-0.15, -0.1) is 0 Å². The van der Waals surface area contributed by atoms with E-state index in [-0.39, 0.29) is 11.6 Å². The first-order valence-electron chi connectivity index (χ1n) is 5.34. The molecular formula is C11H15N3O3S. The van der Waals surface area contributed by atoms with Gasteiger partial charge in [-0.1, -0.05) is 6.07 Å². The maximum atomic E-state index is 11.7. The average Bonchev–Trinajstić information content (AvgIpc) is 2.36. The summed E-state index contributed by atoms with van der Waals surface area (Å²) >= 11 is 1.61. The topological polar surface area (TPSA) is 98.3 Å². The summed E-state index contributed by atoms with van der Waals surface area (Å²) in [6.45, 7) is 0. The van der Waals surface area contributed by atoms with E-state index in [1.807, 2.05) is 6.26 Å². The molecule has 0 fully saturated rings. The van der Waals surface area contributed by atoms with E-state index in [4.69, 9.17) is 5.73 Å². The Hall–Kier alpha value is -1.60. The number of anilines is 1.